The number of nitrogens with zero attached hydrogens (tertiary/aromatic N) is 3. The van der Waals surface area contributed by atoms with E-state index in [0.717, 1.165) is 10.4 Å². The predicted molar refractivity (Wildman–Crippen MR) is 119 cm³/mol. The minimum absolute atomic E-state index is 0.0548. The molecule has 0 saturated heterocycles. The summed E-state index contributed by atoms with van der Waals surface area (Å²) in [6, 6.07) is 15.6. The van der Waals surface area contributed by atoms with E-state index in [9.17, 15) is 13.2 Å². The lowest BCUT2D eigenvalue weighted by Gasteiger charge is -2.19. The number of para-hydroxylation sites is 1. The number of anilines is 1. The van der Waals surface area contributed by atoms with Crippen molar-refractivity contribution in [1.82, 2.24) is 14.5 Å². The normalized spacial score (nSPS) is 11.4. The second-order valence-corrected chi connectivity index (χ2v) is 9.08. The second-order valence-electron chi connectivity index (χ2n) is 6.53. The molecule has 10 heteroatoms. The van der Waals surface area contributed by atoms with E-state index in [1.54, 1.807) is 0 Å². The van der Waals surface area contributed by atoms with Crippen LogP contribution in [0.3, 0.4) is 0 Å². The first-order valence-electron chi connectivity index (χ1n) is 9.09. The van der Waals surface area contributed by atoms with Gasteiger partial charge in [0.15, 0.2) is 0 Å². The summed E-state index contributed by atoms with van der Waals surface area (Å²) >= 11 is 11.6. The molecule has 3 rings (SSSR count). The lowest BCUT2D eigenvalue weighted by molar-refractivity contribution is 0.579. The summed E-state index contributed by atoms with van der Waals surface area (Å²) in [7, 11) is -1.71. The number of aromatic nitrogens is 2. The zero-order valence-electron chi connectivity index (χ0n) is 16.1. The van der Waals surface area contributed by atoms with Crippen LogP contribution in [0.5, 0.6) is 0 Å². The Morgan fingerprint density at radius 1 is 1.07 bits per heavy atom. The molecule has 0 amide bonds. The van der Waals surface area contributed by atoms with E-state index in [4.69, 9.17) is 23.2 Å². The van der Waals surface area contributed by atoms with E-state index in [2.05, 4.69) is 14.7 Å². The van der Waals surface area contributed by atoms with Crippen molar-refractivity contribution in [3.05, 3.63) is 81.2 Å². The molecule has 0 unspecified atom stereocenters. The Hall–Kier alpha value is -2.39. The van der Waals surface area contributed by atoms with Crippen LogP contribution in [0, 0.1) is 0 Å². The summed E-state index contributed by atoms with van der Waals surface area (Å²) < 4.78 is 28.7. The number of benzene rings is 2. The minimum atomic E-state index is -3.67. The molecule has 0 aliphatic rings. The first-order chi connectivity index (χ1) is 14.3. The van der Waals surface area contributed by atoms with Crippen molar-refractivity contribution >= 4 is 38.9 Å². The summed E-state index contributed by atoms with van der Waals surface area (Å²) in [5.41, 5.74) is 0.865. The second kappa shape index (κ2) is 9.61. The van der Waals surface area contributed by atoms with Gasteiger partial charge in [-0.2, -0.15) is 9.78 Å². The number of nitrogens with one attached hydrogen (secondary N) is 1. The van der Waals surface area contributed by atoms with Gasteiger partial charge in [0.1, 0.15) is 5.02 Å². The Morgan fingerprint density at radius 3 is 2.40 bits per heavy atom. The third-order valence-corrected chi connectivity index (χ3v) is 6.65. The van der Waals surface area contributed by atoms with Crippen molar-refractivity contribution in [2.24, 2.45) is 0 Å². The summed E-state index contributed by atoms with van der Waals surface area (Å²) in [4.78, 5) is 14.3. The fraction of sp³-hybridized carbons (Fsp3) is 0.200. The van der Waals surface area contributed by atoms with Gasteiger partial charge in [0.05, 0.1) is 21.8 Å². The minimum Gasteiger partial charge on any atom is -0.375 e. The van der Waals surface area contributed by atoms with Gasteiger partial charge in [-0.05, 0) is 42.8 Å². The van der Waals surface area contributed by atoms with Crippen molar-refractivity contribution in [2.45, 2.75) is 11.3 Å². The first-order valence-corrected chi connectivity index (χ1v) is 11.3. The molecule has 30 heavy (non-hydrogen) atoms. The van der Waals surface area contributed by atoms with Crippen LogP contribution in [0.1, 0.15) is 6.42 Å². The maximum absolute atomic E-state index is 12.5. The summed E-state index contributed by atoms with van der Waals surface area (Å²) in [6.45, 7) is 1.01. The van der Waals surface area contributed by atoms with Gasteiger partial charge in [0, 0.05) is 25.8 Å². The molecule has 0 fully saturated rings. The first kappa shape index (κ1) is 22.3. The van der Waals surface area contributed by atoms with Crippen LogP contribution in [-0.4, -0.2) is 38.3 Å². The molecule has 1 N–H and O–H groups in total. The Balaban J connectivity index is 1.61. The van der Waals surface area contributed by atoms with E-state index < -0.39 is 15.6 Å². The molecule has 3 aromatic rings. The molecule has 0 aliphatic carbocycles. The Labute approximate surface area is 184 Å². The molecular formula is C20H20Cl2N4O3S. The average molecular weight is 467 g/mol. The number of sulfonamides is 1. The zero-order chi connectivity index (χ0) is 21.7. The molecule has 0 bridgehead atoms. The fourth-order valence-corrected chi connectivity index (χ4v) is 4.11. The molecular weight excluding hydrogens is 447 g/mol. The molecule has 7 nitrogen and oxygen atoms in total. The van der Waals surface area contributed by atoms with Crippen LogP contribution in [0.15, 0.2) is 70.5 Å². The maximum atomic E-state index is 12.5. The van der Waals surface area contributed by atoms with Crippen LogP contribution in [0.4, 0.5) is 5.69 Å². The molecule has 1 heterocycles. The van der Waals surface area contributed by atoms with Gasteiger partial charge < -0.3 is 4.90 Å². The van der Waals surface area contributed by atoms with Gasteiger partial charge in [-0.1, -0.05) is 41.4 Å². The highest BCUT2D eigenvalue weighted by atomic mass is 35.5. The maximum Gasteiger partial charge on any atom is 0.291 e. The highest BCUT2D eigenvalue weighted by Gasteiger charge is 2.15. The van der Waals surface area contributed by atoms with E-state index in [1.807, 2.05) is 37.4 Å². The highest BCUT2D eigenvalue weighted by Crippen LogP contribution is 2.17. The van der Waals surface area contributed by atoms with Gasteiger partial charge in [-0.3, -0.25) is 4.79 Å². The van der Waals surface area contributed by atoms with Crippen molar-refractivity contribution in [1.29, 1.82) is 0 Å². The fourth-order valence-electron chi connectivity index (χ4n) is 2.78. The molecule has 0 aliphatic heterocycles. The summed E-state index contributed by atoms with van der Waals surface area (Å²) in [6.07, 6.45) is 1.90. The van der Waals surface area contributed by atoms with Crippen molar-refractivity contribution in [3.8, 4) is 5.69 Å². The van der Waals surface area contributed by atoms with E-state index >= 15 is 0 Å². The molecule has 0 radical (unpaired) electrons. The standard InChI is InChI=1S/C20H20Cl2N4O3S/c1-25(15-6-3-2-4-7-15)13-5-12-24-30(28,29)17-10-8-16(9-11-17)26-20(27)19(22)18(21)14-23-26/h2-4,6-11,14,24H,5,12-13H2,1H3. The van der Waals surface area contributed by atoms with Crippen molar-refractivity contribution < 1.29 is 8.42 Å². The van der Waals surface area contributed by atoms with Gasteiger partial charge in [0.25, 0.3) is 5.56 Å². The van der Waals surface area contributed by atoms with Crippen LogP contribution in [0.2, 0.25) is 10.0 Å². The van der Waals surface area contributed by atoms with Crippen molar-refractivity contribution in [3.63, 3.8) is 0 Å². The van der Waals surface area contributed by atoms with E-state index in [0.29, 0.717) is 25.2 Å². The number of halogens is 2. The quantitative estimate of drug-likeness (QED) is 0.514. The molecule has 0 spiro atoms. The SMILES string of the molecule is CN(CCCNS(=O)(=O)c1ccc(-n2ncc(Cl)c(Cl)c2=O)cc1)c1ccccc1. The summed E-state index contributed by atoms with van der Waals surface area (Å²) in [5, 5.41) is 3.83. The number of hydrogen-bond donors (Lipinski definition) is 1. The third kappa shape index (κ3) is 5.20. The van der Waals surface area contributed by atoms with Gasteiger partial charge in [0.2, 0.25) is 10.0 Å². The van der Waals surface area contributed by atoms with E-state index in [-0.39, 0.29) is 14.9 Å². The molecule has 0 saturated carbocycles. The van der Waals surface area contributed by atoms with Crippen LogP contribution in [-0.2, 0) is 10.0 Å². The smallest absolute Gasteiger partial charge is 0.291 e. The Morgan fingerprint density at radius 2 is 1.73 bits per heavy atom. The molecule has 2 aromatic carbocycles. The topological polar surface area (TPSA) is 84.3 Å². The van der Waals surface area contributed by atoms with Gasteiger partial charge in [-0.25, -0.2) is 13.1 Å². The lowest BCUT2D eigenvalue weighted by atomic mass is 10.3. The Kier molecular flexibility index (Phi) is 7.14. The zero-order valence-corrected chi connectivity index (χ0v) is 18.5. The Bertz CT molecular complexity index is 1170. The monoisotopic (exact) mass is 466 g/mol. The van der Waals surface area contributed by atoms with Crippen LogP contribution < -0.4 is 15.2 Å². The third-order valence-electron chi connectivity index (χ3n) is 4.43. The van der Waals surface area contributed by atoms with E-state index in [1.165, 1.54) is 30.5 Å². The van der Waals surface area contributed by atoms with Crippen LogP contribution in [0.25, 0.3) is 5.69 Å². The molecule has 158 valence electrons. The predicted octanol–water partition coefficient (Wildman–Crippen LogP) is 3.34. The highest BCUT2D eigenvalue weighted by molar-refractivity contribution is 7.89. The molecule has 1 aromatic heterocycles. The lowest BCUT2D eigenvalue weighted by Crippen LogP contribution is -2.28. The number of hydrogen-bond acceptors (Lipinski definition) is 5. The average Bonchev–Trinajstić information content (AvgIpc) is 2.76. The summed E-state index contributed by atoms with van der Waals surface area (Å²) in [5.74, 6) is 0. The molecule has 0 atom stereocenters. The number of rotatable bonds is 8. The van der Waals surface area contributed by atoms with Crippen molar-refractivity contribution in [2.75, 3.05) is 25.0 Å². The van der Waals surface area contributed by atoms with Gasteiger partial charge in [-0.15, -0.1) is 0 Å². The van der Waals surface area contributed by atoms with Crippen LogP contribution >= 0.6 is 23.2 Å². The largest absolute Gasteiger partial charge is 0.375 e. The van der Waals surface area contributed by atoms with Gasteiger partial charge >= 0.3 is 0 Å².